The van der Waals surface area contributed by atoms with Crippen LogP contribution >= 0.6 is 27.5 Å². The fraction of sp³-hybridized carbons (Fsp3) is 0. The van der Waals surface area contributed by atoms with Gasteiger partial charge in [-0.2, -0.15) is 0 Å². The maximum absolute atomic E-state index is 12.9. The number of carboxylic acid groups (broad SMARTS) is 1. The number of carboxylic acids is 1. The van der Waals surface area contributed by atoms with Crippen molar-refractivity contribution in [1.82, 2.24) is 0 Å². The van der Waals surface area contributed by atoms with Crippen molar-refractivity contribution in [3.8, 4) is 0 Å². The van der Waals surface area contributed by atoms with Gasteiger partial charge < -0.3 is 10.8 Å². The molecule has 0 aromatic heterocycles. The van der Waals surface area contributed by atoms with Gasteiger partial charge in [0.25, 0.3) is 0 Å². The average Bonchev–Trinajstić information content (AvgIpc) is 2.01. The molecule has 0 fully saturated rings. The summed E-state index contributed by atoms with van der Waals surface area (Å²) < 4.78 is 12.7. The summed E-state index contributed by atoms with van der Waals surface area (Å²) >= 11 is 8.26. The second-order valence-corrected chi connectivity index (χ2v) is 3.45. The summed E-state index contributed by atoms with van der Waals surface area (Å²) in [5, 5.41) is 8.55. The molecule has 6 heteroatoms. The van der Waals surface area contributed by atoms with Gasteiger partial charge in [-0.3, -0.25) is 0 Å². The maximum Gasteiger partial charge on any atom is 0.339 e. The van der Waals surface area contributed by atoms with Crippen LogP contribution in [-0.4, -0.2) is 11.1 Å². The summed E-state index contributed by atoms with van der Waals surface area (Å²) in [6.07, 6.45) is 0. The number of nitrogens with two attached hydrogens (primary N) is 1. The van der Waals surface area contributed by atoms with E-state index in [-0.39, 0.29) is 20.7 Å². The van der Waals surface area contributed by atoms with Crippen LogP contribution in [0.3, 0.4) is 0 Å². The number of rotatable bonds is 1. The van der Waals surface area contributed by atoms with Crippen molar-refractivity contribution in [3.63, 3.8) is 0 Å². The Morgan fingerprint density at radius 1 is 1.69 bits per heavy atom. The van der Waals surface area contributed by atoms with E-state index in [4.69, 9.17) is 22.4 Å². The van der Waals surface area contributed by atoms with Gasteiger partial charge in [0.05, 0.1) is 15.2 Å². The average molecular weight is 268 g/mol. The molecule has 0 bridgehead atoms. The van der Waals surface area contributed by atoms with E-state index < -0.39 is 11.8 Å². The Morgan fingerprint density at radius 2 is 2.23 bits per heavy atom. The lowest BCUT2D eigenvalue weighted by Crippen LogP contribution is -2.05. The highest BCUT2D eigenvalue weighted by molar-refractivity contribution is 9.10. The number of anilines is 1. The second kappa shape index (κ2) is 3.51. The normalized spacial score (nSPS) is 10.1. The van der Waals surface area contributed by atoms with Crippen molar-refractivity contribution in [2.24, 2.45) is 0 Å². The molecule has 1 aromatic rings. The quantitative estimate of drug-likeness (QED) is 0.607. The molecular formula is C7H4BrClFNO2. The van der Waals surface area contributed by atoms with Gasteiger partial charge in [0.1, 0.15) is 11.4 Å². The van der Waals surface area contributed by atoms with Crippen molar-refractivity contribution in [2.45, 2.75) is 0 Å². The predicted molar refractivity (Wildman–Crippen MR) is 50.5 cm³/mol. The molecule has 3 nitrogen and oxygen atoms in total. The number of benzene rings is 1. The third-order valence-corrected chi connectivity index (χ3v) is 2.51. The Labute approximate surface area is 86.4 Å². The van der Waals surface area contributed by atoms with E-state index in [0.29, 0.717) is 0 Å². The standard InChI is InChI=1S/C7H4BrClFNO2/c8-5-3(10)1-2(9)6(11)4(5)7(12)13/h1H,11H2,(H,12,13). The minimum Gasteiger partial charge on any atom is -0.478 e. The molecule has 0 saturated heterocycles. The highest BCUT2D eigenvalue weighted by Gasteiger charge is 2.18. The molecular weight excluding hydrogens is 264 g/mol. The number of hydrogen-bond donors (Lipinski definition) is 2. The molecule has 1 rings (SSSR count). The predicted octanol–water partition coefficient (Wildman–Crippen LogP) is 2.52. The molecule has 0 unspecified atom stereocenters. The summed E-state index contributed by atoms with van der Waals surface area (Å²) in [5.74, 6) is -2.08. The Bertz CT molecular complexity index is 357. The molecule has 1 aromatic carbocycles. The summed E-state index contributed by atoms with van der Waals surface area (Å²) in [6, 6.07) is 0.952. The van der Waals surface area contributed by atoms with Crippen LogP contribution in [-0.2, 0) is 0 Å². The third-order valence-electron chi connectivity index (χ3n) is 1.42. The lowest BCUT2D eigenvalue weighted by atomic mass is 10.2. The molecule has 0 radical (unpaired) electrons. The molecule has 0 heterocycles. The summed E-state index contributed by atoms with van der Waals surface area (Å²) in [7, 11) is 0. The van der Waals surface area contributed by atoms with Crippen LogP contribution in [0.2, 0.25) is 5.02 Å². The first-order valence-corrected chi connectivity index (χ1v) is 4.28. The fourth-order valence-electron chi connectivity index (χ4n) is 0.819. The molecule has 0 saturated carbocycles. The van der Waals surface area contributed by atoms with Crippen molar-refractivity contribution >= 4 is 39.2 Å². The second-order valence-electron chi connectivity index (χ2n) is 2.25. The van der Waals surface area contributed by atoms with Crippen LogP contribution in [0.4, 0.5) is 10.1 Å². The van der Waals surface area contributed by atoms with Crippen LogP contribution in [0.5, 0.6) is 0 Å². The van der Waals surface area contributed by atoms with Crippen molar-refractivity contribution in [1.29, 1.82) is 0 Å². The number of halogens is 3. The third kappa shape index (κ3) is 1.76. The van der Waals surface area contributed by atoms with Crippen LogP contribution in [0.1, 0.15) is 10.4 Å². The monoisotopic (exact) mass is 267 g/mol. The van der Waals surface area contributed by atoms with E-state index in [1.165, 1.54) is 0 Å². The number of hydrogen-bond acceptors (Lipinski definition) is 2. The highest BCUT2D eigenvalue weighted by atomic mass is 79.9. The number of carbonyl (C=O) groups is 1. The van der Waals surface area contributed by atoms with Gasteiger partial charge in [-0.25, -0.2) is 9.18 Å². The van der Waals surface area contributed by atoms with E-state index >= 15 is 0 Å². The zero-order chi connectivity index (χ0) is 10.2. The van der Waals surface area contributed by atoms with Crippen LogP contribution in [0.15, 0.2) is 10.5 Å². The Balaban J connectivity index is 3.56. The number of aromatic carboxylic acids is 1. The number of nitrogen functional groups attached to an aromatic ring is 1. The zero-order valence-electron chi connectivity index (χ0n) is 6.14. The minimum absolute atomic E-state index is 0.113. The van der Waals surface area contributed by atoms with Crippen molar-refractivity contribution in [2.75, 3.05) is 5.73 Å². The SMILES string of the molecule is Nc1c(Cl)cc(F)c(Br)c1C(=O)O. The zero-order valence-corrected chi connectivity index (χ0v) is 8.49. The van der Waals surface area contributed by atoms with E-state index in [0.717, 1.165) is 6.07 Å². The highest BCUT2D eigenvalue weighted by Crippen LogP contribution is 2.31. The smallest absolute Gasteiger partial charge is 0.339 e. The molecule has 0 aliphatic heterocycles. The van der Waals surface area contributed by atoms with Crippen molar-refractivity contribution in [3.05, 3.63) is 26.9 Å². The van der Waals surface area contributed by atoms with Crippen LogP contribution < -0.4 is 5.73 Å². The topological polar surface area (TPSA) is 63.3 Å². The van der Waals surface area contributed by atoms with Gasteiger partial charge in [0.2, 0.25) is 0 Å². The van der Waals surface area contributed by atoms with E-state index in [9.17, 15) is 9.18 Å². The Morgan fingerprint density at radius 3 is 2.69 bits per heavy atom. The van der Waals surface area contributed by atoms with E-state index in [1.807, 2.05) is 0 Å². The first-order valence-electron chi connectivity index (χ1n) is 3.11. The Kier molecular flexibility index (Phi) is 2.77. The summed E-state index contributed by atoms with van der Waals surface area (Å²) in [5.41, 5.74) is 4.84. The lowest BCUT2D eigenvalue weighted by Gasteiger charge is -2.06. The largest absolute Gasteiger partial charge is 0.478 e. The van der Waals surface area contributed by atoms with Gasteiger partial charge in [0, 0.05) is 0 Å². The van der Waals surface area contributed by atoms with Gasteiger partial charge in [-0.15, -0.1) is 0 Å². The maximum atomic E-state index is 12.9. The first kappa shape index (κ1) is 10.3. The molecule has 0 aliphatic carbocycles. The molecule has 0 aliphatic rings. The van der Waals surface area contributed by atoms with E-state index in [2.05, 4.69) is 15.9 Å². The summed E-state index contributed by atoms with van der Waals surface area (Å²) in [4.78, 5) is 10.6. The molecule has 13 heavy (non-hydrogen) atoms. The minimum atomic E-state index is -1.33. The molecule has 0 atom stereocenters. The fourth-order valence-corrected chi connectivity index (χ4v) is 1.51. The van der Waals surface area contributed by atoms with E-state index in [1.54, 1.807) is 0 Å². The van der Waals surface area contributed by atoms with Gasteiger partial charge in [-0.1, -0.05) is 11.6 Å². The first-order chi connectivity index (χ1) is 5.95. The van der Waals surface area contributed by atoms with Gasteiger partial charge in [0.15, 0.2) is 0 Å². The van der Waals surface area contributed by atoms with Gasteiger partial charge >= 0.3 is 5.97 Å². The van der Waals surface area contributed by atoms with Crippen LogP contribution in [0, 0.1) is 5.82 Å². The molecule has 3 N–H and O–H groups in total. The van der Waals surface area contributed by atoms with Gasteiger partial charge in [-0.05, 0) is 22.0 Å². The molecule has 0 spiro atoms. The summed E-state index contributed by atoms with van der Waals surface area (Å²) in [6.45, 7) is 0. The van der Waals surface area contributed by atoms with Crippen molar-refractivity contribution < 1.29 is 14.3 Å². The molecule has 70 valence electrons. The Hall–Kier alpha value is -0.810. The molecule has 0 amide bonds. The lowest BCUT2D eigenvalue weighted by molar-refractivity contribution is 0.0696. The van der Waals surface area contributed by atoms with Crippen LogP contribution in [0.25, 0.3) is 0 Å².